The molecule has 0 spiro atoms. The molecule has 1 heterocycles. The minimum absolute atomic E-state index is 0.135. The first-order valence-corrected chi connectivity index (χ1v) is 9.45. The van der Waals surface area contributed by atoms with Crippen LogP contribution in [0.25, 0.3) is 11.3 Å². The highest BCUT2D eigenvalue weighted by molar-refractivity contribution is 5.68. The van der Waals surface area contributed by atoms with Gasteiger partial charge < -0.3 is 19.1 Å². The first-order chi connectivity index (χ1) is 13.5. The molecule has 0 saturated heterocycles. The fraction of sp³-hybridized carbons (Fsp3) is 0.524. The van der Waals surface area contributed by atoms with Crippen molar-refractivity contribution in [2.45, 2.75) is 65.1 Å². The van der Waals surface area contributed by atoms with Crippen LogP contribution >= 0.6 is 0 Å². The summed E-state index contributed by atoms with van der Waals surface area (Å²) < 4.78 is 29.6. The van der Waals surface area contributed by atoms with Gasteiger partial charge in [0.15, 0.2) is 5.76 Å². The molecule has 0 saturated carbocycles. The lowest BCUT2D eigenvalue weighted by molar-refractivity contribution is -0.0979. The van der Waals surface area contributed by atoms with Crippen LogP contribution in [0.2, 0.25) is 0 Å². The van der Waals surface area contributed by atoms with Gasteiger partial charge in [0.2, 0.25) is 0 Å². The SMILES string of the molecule is CC(C)(C)OC(=O)NC(C)(C)OC(CCF)c1ccc(-c2cc(CO)no2)cc1. The van der Waals surface area contributed by atoms with Gasteiger partial charge in [-0.2, -0.15) is 0 Å². The standard InChI is InChI=1S/C21H29FN2O5/c1-20(2,3)28-19(26)23-21(4,5)27-17(10-11-22)14-6-8-15(9-7-14)18-12-16(13-25)24-29-18/h6-9,12,17,25H,10-11,13H2,1-5H3,(H,23,26). The number of amides is 1. The summed E-state index contributed by atoms with van der Waals surface area (Å²) >= 11 is 0. The molecule has 2 rings (SSSR count). The van der Waals surface area contributed by atoms with E-state index in [-0.39, 0.29) is 13.0 Å². The number of hydrogen-bond donors (Lipinski definition) is 2. The van der Waals surface area contributed by atoms with Crippen LogP contribution in [0.15, 0.2) is 34.9 Å². The van der Waals surface area contributed by atoms with Crippen LogP contribution in [-0.4, -0.2) is 34.4 Å². The summed E-state index contributed by atoms with van der Waals surface area (Å²) in [6, 6.07) is 8.87. The van der Waals surface area contributed by atoms with E-state index in [1.54, 1.807) is 65.0 Å². The molecular formula is C21H29FN2O5. The van der Waals surface area contributed by atoms with E-state index in [1.807, 2.05) is 0 Å². The Labute approximate surface area is 170 Å². The number of alkyl halides is 1. The summed E-state index contributed by atoms with van der Waals surface area (Å²) in [5.41, 5.74) is 0.267. The van der Waals surface area contributed by atoms with Gasteiger partial charge in [-0.1, -0.05) is 29.4 Å². The molecule has 0 bridgehead atoms. The summed E-state index contributed by atoms with van der Waals surface area (Å²) in [5.74, 6) is 0.524. The molecule has 160 valence electrons. The molecule has 1 amide bonds. The number of hydrogen-bond acceptors (Lipinski definition) is 6. The number of nitrogens with zero attached hydrogens (tertiary/aromatic N) is 1. The number of ether oxygens (including phenoxy) is 2. The Kier molecular flexibility index (Phi) is 7.37. The van der Waals surface area contributed by atoms with E-state index in [4.69, 9.17) is 19.1 Å². The molecule has 1 aromatic carbocycles. The molecule has 2 N–H and O–H groups in total. The van der Waals surface area contributed by atoms with Gasteiger partial charge >= 0.3 is 6.09 Å². The third-order valence-corrected chi connectivity index (χ3v) is 3.90. The maximum atomic E-state index is 13.1. The van der Waals surface area contributed by atoms with Gasteiger partial charge in [-0.25, -0.2) is 4.79 Å². The zero-order valence-electron chi connectivity index (χ0n) is 17.5. The Morgan fingerprint density at radius 2 is 1.90 bits per heavy atom. The van der Waals surface area contributed by atoms with Crippen molar-refractivity contribution in [3.05, 3.63) is 41.6 Å². The van der Waals surface area contributed by atoms with Crippen molar-refractivity contribution < 1.29 is 28.3 Å². The van der Waals surface area contributed by atoms with Gasteiger partial charge in [0.05, 0.1) is 19.4 Å². The van der Waals surface area contributed by atoms with E-state index >= 15 is 0 Å². The van der Waals surface area contributed by atoms with Crippen molar-refractivity contribution in [1.29, 1.82) is 0 Å². The largest absolute Gasteiger partial charge is 0.444 e. The lowest BCUT2D eigenvalue weighted by atomic mass is 10.0. The molecule has 8 heteroatoms. The third-order valence-electron chi connectivity index (χ3n) is 3.90. The van der Waals surface area contributed by atoms with Crippen LogP contribution in [0.4, 0.5) is 9.18 Å². The van der Waals surface area contributed by atoms with Crippen molar-refractivity contribution in [1.82, 2.24) is 10.5 Å². The number of nitrogens with one attached hydrogen (secondary N) is 1. The summed E-state index contributed by atoms with van der Waals surface area (Å²) in [5, 5.41) is 15.5. The number of aromatic nitrogens is 1. The molecule has 7 nitrogen and oxygen atoms in total. The van der Waals surface area contributed by atoms with Crippen molar-refractivity contribution in [3.63, 3.8) is 0 Å². The fourth-order valence-corrected chi connectivity index (χ4v) is 2.71. The average Bonchev–Trinajstić information content (AvgIpc) is 3.08. The second-order valence-corrected chi connectivity index (χ2v) is 8.18. The van der Waals surface area contributed by atoms with Crippen molar-refractivity contribution in [3.8, 4) is 11.3 Å². The molecule has 0 radical (unpaired) electrons. The van der Waals surface area contributed by atoms with Gasteiger partial charge in [-0.05, 0) is 40.2 Å². The molecule has 0 aliphatic carbocycles. The molecule has 1 atom stereocenters. The minimum atomic E-state index is -1.07. The van der Waals surface area contributed by atoms with Gasteiger partial charge in [-0.15, -0.1) is 0 Å². The molecule has 0 fully saturated rings. The maximum Gasteiger partial charge on any atom is 0.409 e. The third kappa shape index (κ3) is 7.14. The Balaban J connectivity index is 2.10. The summed E-state index contributed by atoms with van der Waals surface area (Å²) in [7, 11) is 0. The van der Waals surface area contributed by atoms with Crippen molar-refractivity contribution in [2.75, 3.05) is 6.67 Å². The van der Waals surface area contributed by atoms with Crippen LogP contribution in [-0.2, 0) is 16.1 Å². The molecule has 2 aromatic rings. The van der Waals surface area contributed by atoms with E-state index in [2.05, 4.69) is 10.5 Å². The highest BCUT2D eigenvalue weighted by atomic mass is 19.1. The topological polar surface area (TPSA) is 93.8 Å². The molecule has 29 heavy (non-hydrogen) atoms. The molecule has 0 aliphatic heterocycles. The first kappa shape index (κ1) is 22.8. The average molecular weight is 408 g/mol. The quantitative estimate of drug-likeness (QED) is 0.624. The Hall–Kier alpha value is -2.45. The number of rotatable bonds is 8. The van der Waals surface area contributed by atoms with Gasteiger partial charge in [0, 0.05) is 18.1 Å². The van der Waals surface area contributed by atoms with E-state index in [0.29, 0.717) is 11.5 Å². The number of carbonyl (C=O) groups excluding carboxylic acids is 1. The second kappa shape index (κ2) is 9.37. The minimum Gasteiger partial charge on any atom is -0.444 e. The number of aliphatic hydroxyl groups is 1. The highest BCUT2D eigenvalue weighted by Crippen LogP contribution is 2.29. The van der Waals surface area contributed by atoms with Crippen LogP contribution in [0.5, 0.6) is 0 Å². The molecule has 1 unspecified atom stereocenters. The first-order valence-electron chi connectivity index (χ1n) is 9.45. The van der Waals surface area contributed by atoms with Crippen LogP contribution < -0.4 is 5.32 Å². The van der Waals surface area contributed by atoms with E-state index in [1.165, 1.54) is 0 Å². The van der Waals surface area contributed by atoms with Crippen LogP contribution in [0, 0.1) is 0 Å². The number of halogens is 1. The second-order valence-electron chi connectivity index (χ2n) is 8.18. The van der Waals surface area contributed by atoms with Crippen molar-refractivity contribution >= 4 is 6.09 Å². The predicted molar refractivity (Wildman–Crippen MR) is 106 cm³/mol. The predicted octanol–water partition coefficient (Wildman–Crippen LogP) is 4.51. The monoisotopic (exact) mass is 408 g/mol. The highest BCUT2D eigenvalue weighted by Gasteiger charge is 2.29. The lowest BCUT2D eigenvalue weighted by Crippen LogP contribution is -2.48. The smallest absolute Gasteiger partial charge is 0.409 e. The zero-order valence-corrected chi connectivity index (χ0v) is 17.5. The molecule has 0 aliphatic rings. The van der Waals surface area contributed by atoms with Crippen LogP contribution in [0.3, 0.4) is 0 Å². The van der Waals surface area contributed by atoms with Gasteiger partial charge in [-0.3, -0.25) is 9.71 Å². The van der Waals surface area contributed by atoms with Gasteiger partial charge in [0.25, 0.3) is 0 Å². The Morgan fingerprint density at radius 3 is 2.41 bits per heavy atom. The van der Waals surface area contributed by atoms with E-state index < -0.39 is 30.2 Å². The fourth-order valence-electron chi connectivity index (χ4n) is 2.71. The summed E-state index contributed by atoms with van der Waals surface area (Å²) in [6.45, 7) is 7.90. The Morgan fingerprint density at radius 1 is 1.24 bits per heavy atom. The normalized spacial score (nSPS) is 13.2. The van der Waals surface area contributed by atoms with Crippen molar-refractivity contribution in [2.24, 2.45) is 0 Å². The number of aliphatic hydroxyl groups excluding tert-OH is 1. The van der Waals surface area contributed by atoms with E-state index in [9.17, 15) is 9.18 Å². The number of alkyl carbamates (subject to hydrolysis) is 1. The molecule has 1 aromatic heterocycles. The van der Waals surface area contributed by atoms with Gasteiger partial charge in [0.1, 0.15) is 17.0 Å². The summed E-state index contributed by atoms with van der Waals surface area (Å²) in [4.78, 5) is 12.1. The maximum absolute atomic E-state index is 13.1. The molecular weight excluding hydrogens is 379 g/mol. The van der Waals surface area contributed by atoms with E-state index in [0.717, 1.165) is 11.1 Å². The summed E-state index contributed by atoms with van der Waals surface area (Å²) in [6.07, 6.45) is -1.04. The number of benzene rings is 1. The Bertz CT molecular complexity index is 796. The lowest BCUT2D eigenvalue weighted by Gasteiger charge is -2.32. The van der Waals surface area contributed by atoms with Crippen LogP contribution in [0.1, 0.15) is 58.4 Å². The zero-order chi connectivity index (χ0) is 21.7. The number of carbonyl (C=O) groups is 1.